The molecule has 1 unspecified atom stereocenters. The first kappa shape index (κ1) is 26.4. The second-order valence-corrected chi connectivity index (χ2v) is 10.4. The van der Waals surface area contributed by atoms with Gasteiger partial charge < -0.3 is 15.0 Å². The minimum Gasteiger partial charge on any atom is -0.356 e. The van der Waals surface area contributed by atoms with E-state index in [1.165, 1.54) is 34.7 Å². The Morgan fingerprint density at radius 2 is 1.74 bits per heavy atom. The van der Waals surface area contributed by atoms with Gasteiger partial charge >= 0.3 is 6.18 Å². The fourth-order valence-corrected chi connectivity index (χ4v) is 6.42. The van der Waals surface area contributed by atoms with E-state index in [-0.39, 0.29) is 30.0 Å². The average molecular weight is 527 g/mol. The van der Waals surface area contributed by atoms with Crippen LogP contribution in [0.5, 0.6) is 0 Å². The summed E-state index contributed by atoms with van der Waals surface area (Å²) in [5.74, 6) is -0.886. The van der Waals surface area contributed by atoms with Crippen molar-refractivity contribution in [1.29, 1.82) is 0 Å². The third kappa shape index (κ3) is 4.41. The molecule has 38 heavy (non-hydrogen) atoms. The molecule has 5 rings (SSSR count). The van der Waals surface area contributed by atoms with Crippen LogP contribution in [0.4, 0.5) is 13.2 Å². The van der Waals surface area contributed by atoms with Crippen LogP contribution < -0.4 is 5.32 Å². The van der Waals surface area contributed by atoms with Crippen LogP contribution in [-0.2, 0) is 22.2 Å². The van der Waals surface area contributed by atoms with Crippen LogP contribution in [0.25, 0.3) is 11.1 Å². The number of halogens is 3. The topological polar surface area (TPSA) is 59.4 Å². The van der Waals surface area contributed by atoms with E-state index in [1.807, 2.05) is 31.6 Å². The number of nitrogens with zero attached hydrogens (tertiary/aromatic N) is 3. The number of amides is 1. The third-order valence-corrected chi connectivity index (χ3v) is 8.47. The predicted octanol–water partition coefficient (Wildman–Crippen LogP) is 4.88. The average Bonchev–Trinajstić information content (AvgIpc) is 3.36. The summed E-state index contributed by atoms with van der Waals surface area (Å²) in [6, 6.07) is 15.5. The van der Waals surface area contributed by atoms with Crippen molar-refractivity contribution in [1.82, 2.24) is 20.0 Å². The number of ether oxygens (including phenoxy) is 1. The zero-order valence-corrected chi connectivity index (χ0v) is 21.7. The van der Waals surface area contributed by atoms with Gasteiger partial charge in [0.25, 0.3) is 11.5 Å². The van der Waals surface area contributed by atoms with Crippen molar-refractivity contribution in [2.45, 2.75) is 37.0 Å². The molecule has 9 heteroatoms. The first-order valence-corrected chi connectivity index (χ1v) is 13.0. The maximum atomic E-state index is 14.5. The standard InChI is InChI=1S/C29H33F3N4O2/c1-35-20-21(18-34-35)23-10-6-7-11-24(23)25-19-33-15-12-27(25)13-16-36(17-14-27)26(37)28(38-2,29(30,31)32)22-8-4-3-5-9-22/h3-11,18,20,25,33H,12-17,19H2,1-2H3/t25?,28-/m1/s1. The Balaban J connectivity index is 1.44. The molecule has 1 spiro atoms. The van der Waals surface area contributed by atoms with Gasteiger partial charge in [-0.25, -0.2) is 0 Å². The lowest BCUT2D eigenvalue weighted by molar-refractivity contribution is -0.271. The Bertz CT molecular complexity index is 1270. The molecule has 1 aromatic heterocycles. The summed E-state index contributed by atoms with van der Waals surface area (Å²) in [6.45, 7) is 2.12. The number of benzene rings is 2. The molecule has 2 aliphatic heterocycles. The van der Waals surface area contributed by atoms with E-state index < -0.39 is 17.7 Å². The number of hydrogen-bond acceptors (Lipinski definition) is 4. The van der Waals surface area contributed by atoms with Crippen molar-refractivity contribution in [2.24, 2.45) is 12.5 Å². The molecule has 3 heterocycles. The van der Waals surface area contributed by atoms with Crippen LogP contribution in [0.15, 0.2) is 67.0 Å². The number of aromatic nitrogens is 2. The molecule has 202 valence electrons. The van der Waals surface area contributed by atoms with Crippen LogP contribution in [-0.4, -0.2) is 60.1 Å². The summed E-state index contributed by atoms with van der Waals surface area (Å²) in [4.78, 5) is 15.0. The second kappa shape index (κ2) is 10.2. The number of alkyl halides is 3. The van der Waals surface area contributed by atoms with Gasteiger partial charge in [0.05, 0.1) is 6.20 Å². The number of rotatable bonds is 5. The van der Waals surface area contributed by atoms with Gasteiger partial charge in [-0.3, -0.25) is 9.48 Å². The van der Waals surface area contributed by atoms with Crippen LogP contribution in [0, 0.1) is 5.41 Å². The number of carbonyl (C=O) groups excluding carboxylic acids is 1. The molecule has 2 fully saturated rings. The molecule has 1 N–H and O–H groups in total. The van der Waals surface area contributed by atoms with Gasteiger partial charge in [-0.2, -0.15) is 18.3 Å². The van der Waals surface area contributed by atoms with Crippen molar-refractivity contribution in [3.8, 4) is 11.1 Å². The molecule has 3 aromatic rings. The molecule has 2 saturated heterocycles. The highest BCUT2D eigenvalue weighted by Crippen LogP contribution is 2.51. The Hall–Kier alpha value is -3.17. The monoisotopic (exact) mass is 526 g/mol. The zero-order chi connectivity index (χ0) is 27.0. The molecule has 0 radical (unpaired) electrons. The van der Waals surface area contributed by atoms with Gasteiger partial charge in [0.1, 0.15) is 0 Å². The minimum absolute atomic E-state index is 0.124. The Kier molecular flexibility index (Phi) is 7.09. The lowest BCUT2D eigenvalue weighted by Gasteiger charge is -2.51. The number of carbonyl (C=O) groups is 1. The molecule has 2 atom stereocenters. The van der Waals surface area contributed by atoms with E-state index in [1.54, 1.807) is 10.7 Å². The van der Waals surface area contributed by atoms with E-state index in [2.05, 4.69) is 22.5 Å². The molecular formula is C29H33F3N4O2. The molecule has 6 nitrogen and oxygen atoms in total. The molecule has 0 aliphatic carbocycles. The molecule has 2 aromatic carbocycles. The molecule has 0 saturated carbocycles. The van der Waals surface area contributed by atoms with E-state index in [0.717, 1.165) is 37.7 Å². The fourth-order valence-electron chi connectivity index (χ4n) is 6.42. The highest BCUT2D eigenvalue weighted by Gasteiger charge is 2.64. The smallest absolute Gasteiger partial charge is 0.356 e. The fraction of sp³-hybridized carbons (Fsp3) is 0.448. The number of likely N-dealkylation sites (tertiary alicyclic amines) is 1. The zero-order valence-electron chi connectivity index (χ0n) is 21.7. The van der Waals surface area contributed by atoms with Gasteiger partial charge in [0.15, 0.2) is 0 Å². The normalized spacial score (nSPS) is 21.3. The maximum Gasteiger partial charge on any atom is 0.430 e. The lowest BCUT2D eigenvalue weighted by atomic mass is 9.62. The number of aryl methyl sites for hydroxylation is 1. The van der Waals surface area contributed by atoms with Gasteiger partial charge in [-0.1, -0.05) is 54.6 Å². The summed E-state index contributed by atoms with van der Waals surface area (Å²) < 4.78 is 50.4. The van der Waals surface area contributed by atoms with Crippen molar-refractivity contribution in [2.75, 3.05) is 33.3 Å². The van der Waals surface area contributed by atoms with E-state index in [9.17, 15) is 18.0 Å². The molecular weight excluding hydrogens is 493 g/mol. The Morgan fingerprint density at radius 1 is 1.05 bits per heavy atom. The Labute approximate surface area is 220 Å². The van der Waals surface area contributed by atoms with Crippen LogP contribution >= 0.6 is 0 Å². The van der Waals surface area contributed by atoms with Gasteiger partial charge in [0.2, 0.25) is 0 Å². The lowest BCUT2D eigenvalue weighted by Crippen LogP contribution is -2.59. The number of piperidine rings is 2. The number of hydrogen-bond donors (Lipinski definition) is 1. The highest BCUT2D eigenvalue weighted by molar-refractivity contribution is 5.88. The van der Waals surface area contributed by atoms with Crippen LogP contribution in [0.3, 0.4) is 0 Å². The van der Waals surface area contributed by atoms with Crippen molar-refractivity contribution in [3.05, 3.63) is 78.1 Å². The third-order valence-electron chi connectivity index (χ3n) is 8.47. The largest absolute Gasteiger partial charge is 0.430 e. The molecule has 2 aliphatic rings. The van der Waals surface area contributed by atoms with Crippen LogP contribution in [0.1, 0.15) is 36.3 Å². The molecule has 0 bridgehead atoms. The van der Waals surface area contributed by atoms with Crippen molar-refractivity contribution in [3.63, 3.8) is 0 Å². The predicted molar refractivity (Wildman–Crippen MR) is 138 cm³/mol. The van der Waals surface area contributed by atoms with Gasteiger partial charge in [-0.15, -0.1) is 0 Å². The first-order valence-electron chi connectivity index (χ1n) is 13.0. The van der Waals surface area contributed by atoms with E-state index in [0.29, 0.717) is 12.8 Å². The summed E-state index contributed by atoms with van der Waals surface area (Å²) >= 11 is 0. The summed E-state index contributed by atoms with van der Waals surface area (Å²) in [5.41, 5.74) is 0.00469. The van der Waals surface area contributed by atoms with Gasteiger partial charge in [0, 0.05) is 57.0 Å². The summed E-state index contributed by atoms with van der Waals surface area (Å²) in [7, 11) is 2.85. The first-order chi connectivity index (χ1) is 18.2. The van der Waals surface area contributed by atoms with E-state index >= 15 is 0 Å². The second-order valence-electron chi connectivity index (χ2n) is 10.4. The maximum absolute atomic E-state index is 14.5. The van der Waals surface area contributed by atoms with Gasteiger partial charge in [-0.05, 0) is 42.3 Å². The number of methoxy groups -OCH3 is 1. The van der Waals surface area contributed by atoms with Crippen molar-refractivity contribution >= 4 is 5.91 Å². The summed E-state index contributed by atoms with van der Waals surface area (Å²) in [6.07, 6.45) is 1.09. The SMILES string of the molecule is CO[C@@](C(=O)N1CCC2(CCNCC2c2ccccc2-c2cnn(C)c2)CC1)(c1ccccc1)C(F)(F)F. The highest BCUT2D eigenvalue weighted by atomic mass is 19.4. The Morgan fingerprint density at radius 3 is 2.37 bits per heavy atom. The summed E-state index contributed by atoms with van der Waals surface area (Å²) in [5, 5.41) is 7.87. The van der Waals surface area contributed by atoms with Crippen LogP contribution in [0.2, 0.25) is 0 Å². The molecule has 1 amide bonds. The number of nitrogens with one attached hydrogen (secondary N) is 1. The van der Waals surface area contributed by atoms with Crippen molar-refractivity contribution < 1.29 is 22.7 Å². The van der Waals surface area contributed by atoms with E-state index in [4.69, 9.17) is 4.74 Å². The quantitative estimate of drug-likeness (QED) is 0.515. The minimum atomic E-state index is -4.91.